The Balaban J connectivity index is 2.41. The van der Waals surface area contributed by atoms with Gasteiger partial charge in [-0.3, -0.25) is 14.6 Å². The number of ether oxygens (including phenoxy) is 1. The maximum Gasteiger partial charge on any atom is 0.326 e. The number of methoxy groups -OCH3 is 1. The molecule has 114 valence electrons. The molecule has 1 unspecified atom stereocenters. The first-order valence-corrected chi connectivity index (χ1v) is 7.13. The van der Waals surface area contributed by atoms with Gasteiger partial charge in [0.15, 0.2) is 0 Å². The quantitative estimate of drug-likeness (QED) is 0.537. The molecule has 1 rings (SSSR count). The Hall–Kier alpha value is -2.09. The third kappa shape index (κ3) is 6.75. The van der Waals surface area contributed by atoms with Crippen molar-refractivity contribution in [1.29, 1.82) is 0 Å². The summed E-state index contributed by atoms with van der Waals surface area (Å²) in [6, 6.07) is 2.41. The van der Waals surface area contributed by atoms with E-state index in [1.54, 1.807) is 24.5 Å². The normalized spacial score (nSPS) is 11.5. The summed E-state index contributed by atoms with van der Waals surface area (Å²) in [5.74, 6) is -2.01. The van der Waals surface area contributed by atoms with Gasteiger partial charge in [-0.15, -0.1) is 11.8 Å². The summed E-state index contributed by atoms with van der Waals surface area (Å²) >= 11 is 1.27. The summed E-state index contributed by atoms with van der Waals surface area (Å²) in [6.45, 7) is 0. The Morgan fingerprint density at radius 2 is 2.05 bits per heavy atom. The number of pyridine rings is 1. The number of rotatable bonds is 8. The number of amides is 1. The average molecular weight is 312 g/mol. The van der Waals surface area contributed by atoms with E-state index < -0.39 is 23.9 Å². The molecule has 2 N–H and O–H groups in total. The second-order valence-electron chi connectivity index (χ2n) is 4.04. The van der Waals surface area contributed by atoms with Gasteiger partial charge in [-0.05, 0) is 18.6 Å². The molecule has 8 heteroatoms. The van der Waals surface area contributed by atoms with E-state index in [4.69, 9.17) is 5.11 Å². The molecule has 0 saturated carbocycles. The van der Waals surface area contributed by atoms with Crippen molar-refractivity contribution in [2.24, 2.45) is 0 Å². The van der Waals surface area contributed by atoms with Crippen molar-refractivity contribution < 1.29 is 24.2 Å². The van der Waals surface area contributed by atoms with Crippen molar-refractivity contribution >= 4 is 29.6 Å². The Morgan fingerprint density at radius 1 is 1.38 bits per heavy atom. The largest absolute Gasteiger partial charge is 0.480 e. The molecule has 1 aromatic heterocycles. The Bertz CT molecular complexity index is 495. The van der Waals surface area contributed by atoms with Crippen molar-refractivity contribution in [3.8, 4) is 0 Å². The van der Waals surface area contributed by atoms with Crippen LogP contribution < -0.4 is 5.32 Å². The molecule has 1 heterocycles. The lowest BCUT2D eigenvalue weighted by Gasteiger charge is -2.13. The molecule has 0 fully saturated rings. The van der Waals surface area contributed by atoms with Crippen LogP contribution in [0.25, 0.3) is 0 Å². The summed E-state index contributed by atoms with van der Waals surface area (Å²) in [6.07, 6.45) is 3.15. The van der Waals surface area contributed by atoms with Crippen LogP contribution >= 0.6 is 11.8 Å². The van der Waals surface area contributed by atoms with Gasteiger partial charge in [-0.25, -0.2) is 4.79 Å². The molecule has 0 bridgehead atoms. The predicted molar refractivity (Wildman–Crippen MR) is 75.8 cm³/mol. The number of esters is 1. The first-order valence-electron chi connectivity index (χ1n) is 6.14. The third-order valence-electron chi connectivity index (χ3n) is 2.52. The number of hydrogen-bond donors (Lipinski definition) is 2. The highest BCUT2D eigenvalue weighted by Crippen LogP contribution is 2.15. The Labute approximate surface area is 126 Å². The maximum atomic E-state index is 11.7. The number of aromatic nitrogens is 1. The van der Waals surface area contributed by atoms with Gasteiger partial charge in [0, 0.05) is 23.7 Å². The zero-order valence-electron chi connectivity index (χ0n) is 11.4. The van der Waals surface area contributed by atoms with Crippen molar-refractivity contribution in [2.45, 2.75) is 23.8 Å². The van der Waals surface area contributed by atoms with Crippen LogP contribution in [0.5, 0.6) is 0 Å². The molecule has 0 spiro atoms. The molecular formula is C13H16N2O5S. The molecule has 0 aliphatic heterocycles. The summed E-state index contributed by atoms with van der Waals surface area (Å²) in [7, 11) is 1.22. The second-order valence-corrected chi connectivity index (χ2v) is 5.09. The van der Waals surface area contributed by atoms with Gasteiger partial charge in [-0.1, -0.05) is 0 Å². The number of nitrogens with zero attached hydrogens (tertiary/aromatic N) is 1. The Kier molecular flexibility index (Phi) is 7.24. The van der Waals surface area contributed by atoms with E-state index in [1.165, 1.54) is 18.9 Å². The predicted octanol–water partition coefficient (Wildman–Crippen LogP) is 0.696. The molecule has 0 aromatic carbocycles. The molecule has 1 aromatic rings. The van der Waals surface area contributed by atoms with Crippen LogP contribution in [-0.2, 0) is 19.1 Å². The van der Waals surface area contributed by atoms with E-state index in [-0.39, 0.29) is 18.6 Å². The van der Waals surface area contributed by atoms with Crippen LogP contribution in [0, 0.1) is 0 Å². The smallest absolute Gasteiger partial charge is 0.326 e. The van der Waals surface area contributed by atoms with Gasteiger partial charge < -0.3 is 15.2 Å². The van der Waals surface area contributed by atoms with E-state index in [9.17, 15) is 14.4 Å². The third-order valence-corrected chi connectivity index (χ3v) is 3.53. The molecule has 1 amide bonds. The number of hydrogen-bond acceptors (Lipinski definition) is 6. The first kappa shape index (κ1) is 17.0. The minimum absolute atomic E-state index is 0.00628. The van der Waals surface area contributed by atoms with Gasteiger partial charge in [0.25, 0.3) is 0 Å². The van der Waals surface area contributed by atoms with Crippen LogP contribution in [0.15, 0.2) is 29.4 Å². The highest BCUT2D eigenvalue weighted by atomic mass is 32.2. The molecular weight excluding hydrogens is 296 g/mol. The molecule has 7 nitrogen and oxygen atoms in total. The van der Waals surface area contributed by atoms with Crippen LogP contribution in [0.2, 0.25) is 0 Å². The molecule has 0 radical (unpaired) electrons. The average Bonchev–Trinajstić information content (AvgIpc) is 2.49. The standard InChI is InChI=1S/C13H16N2O5S/c1-20-12(17)3-2-10(13(18)19)15-11(16)8-21-9-4-6-14-7-5-9/h4-7,10H,2-3,8H2,1H3,(H,15,16)(H,18,19). The highest BCUT2D eigenvalue weighted by molar-refractivity contribution is 8.00. The number of carbonyl (C=O) groups excluding carboxylic acids is 2. The number of carboxylic acids is 1. The van der Waals surface area contributed by atoms with E-state index >= 15 is 0 Å². The zero-order chi connectivity index (χ0) is 15.7. The summed E-state index contributed by atoms with van der Waals surface area (Å²) in [4.78, 5) is 38.5. The fourth-order valence-corrected chi connectivity index (χ4v) is 2.14. The lowest BCUT2D eigenvalue weighted by molar-refractivity contribution is -0.143. The minimum Gasteiger partial charge on any atom is -0.480 e. The molecule has 0 aliphatic rings. The summed E-state index contributed by atoms with van der Waals surface area (Å²) < 4.78 is 4.44. The van der Waals surface area contributed by atoms with Crippen molar-refractivity contribution in [3.05, 3.63) is 24.5 Å². The lowest BCUT2D eigenvalue weighted by Crippen LogP contribution is -2.42. The summed E-state index contributed by atoms with van der Waals surface area (Å²) in [5.41, 5.74) is 0. The summed E-state index contributed by atoms with van der Waals surface area (Å²) in [5, 5.41) is 11.4. The van der Waals surface area contributed by atoms with Crippen molar-refractivity contribution in [1.82, 2.24) is 10.3 Å². The number of thioether (sulfide) groups is 1. The van der Waals surface area contributed by atoms with Gasteiger partial charge >= 0.3 is 11.9 Å². The monoisotopic (exact) mass is 312 g/mol. The number of nitrogens with one attached hydrogen (secondary N) is 1. The maximum absolute atomic E-state index is 11.7. The van der Waals surface area contributed by atoms with E-state index in [1.807, 2.05) is 0 Å². The number of aliphatic carboxylic acids is 1. The molecule has 21 heavy (non-hydrogen) atoms. The van der Waals surface area contributed by atoms with Crippen molar-refractivity contribution in [3.63, 3.8) is 0 Å². The topological polar surface area (TPSA) is 106 Å². The van der Waals surface area contributed by atoms with Gasteiger partial charge in [0.05, 0.1) is 12.9 Å². The zero-order valence-corrected chi connectivity index (χ0v) is 12.3. The lowest BCUT2D eigenvalue weighted by atomic mass is 10.1. The van der Waals surface area contributed by atoms with Gasteiger partial charge in [0.1, 0.15) is 6.04 Å². The molecule has 0 saturated heterocycles. The molecule has 0 aliphatic carbocycles. The number of carboxylic acid groups (broad SMARTS) is 1. The van der Waals surface area contributed by atoms with E-state index in [2.05, 4.69) is 15.0 Å². The van der Waals surface area contributed by atoms with Crippen LogP contribution in [-0.4, -0.2) is 46.8 Å². The Morgan fingerprint density at radius 3 is 2.62 bits per heavy atom. The highest BCUT2D eigenvalue weighted by Gasteiger charge is 2.21. The van der Waals surface area contributed by atoms with Crippen LogP contribution in [0.3, 0.4) is 0 Å². The second kappa shape index (κ2) is 8.96. The number of carbonyl (C=O) groups is 3. The first-order chi connectivity index (χ1) is 10.0. The fraction of sp³-hybridized carbons (Fsp3) is 0.385. The van der Waals surface area contributed by atoms with Crippen LogP contribution in [0.4, 0.5) is 0 Å². The van der Waals surface area contributed by atoms with E-state index in [0.29, 0.717) is 0 Å². The van der Waals surface area contributed by atoms with Gasteiger partial charge in [0.2, 0.25) is 5.91 Å². The van der Waals surface area contributed by atoms with Crippen LogP contribution in [0.1, 0.15) is 12.8 Å². The fourth-order valence-electron chi connectivity index (χ4n) is 1.44. The van der Waals surface area contributed by atoms with Crippen molar-refractivity contribution in [2.75, 3.05) is 12.9 Å². The van der Waals surface area contributed by atoms with E-state index in [0.717, 1.165) is 4.90 Å². The van der Waals surface area contributed by atoms with Gasteiger partial charge in [-0.2, -0.15) is 0 Å². The minimum atomic E-state index is -1.18. The molecule has 1 atom stereocenters. The SMILES string of the molecule is COC(=O)CCC(NC(=O)CSc1ccncc1)C(=O)O.